The van der Waals surface area contributed by atoms with Crippen molar-refractivity contribution in [3.05, 3.63) is 29.8 Å². The lowest BCUT2D eigenvalue weighted by Crippen LogP contribution is -2.41. The van der Waals surface area contributed by atoms with Crippen molar-refractivity contribution in [1.82, 2.24) is 4.90 Å². The summed E-state index contributed by atoms with van der Waals surface area (Å²) in [6.07, 6.45) is 2.06. The molecular formula is C16H24N2O2. The van der Waals surface area contributed by atoms with Crippen LogP contribution in [0.2, 0.25) is 0 Å². The van der Waals surface area contributed by atoms with Gasteiger partial charge >= 0.3 is 0 Å². The molecule has 0 radical (unpaired) electrons. The lowest BCUT2D eigenvalue weighted by molar-refractivity contribution is -0.134. The molecule has 1 aliphatic heterocycles. The minimum absolute atomic E-state index is 0.127. The quantitative estimate of drug-likeness (QED) is 0.858. The molecule has 1 amide bonds. The average Bonchev–Trinajstić information content (AvgIpc) is 2.47. The van der Waals surface area contributed by atoms with Crippen molar-refractivity contribution in [2.75, 3.05) is 32.5 Å². The number of methoxy groups -OCH3 is 1. The van der Waals surface area contributed by atoms with Gasteiger partial charge in [0.1, 0.15) is 0 Å². The van der Waals surface area contributed by atoms with Crippen molar-refractivity contribution in [2.45, 2.75) is 25.7 Å². The highest BCUT2D eigenvalue weighted by molar-refractivity contribution is 5.83. The Balaban J connectivity index is 1.95. The normalized spacial score (nSPS) is 18.0. The molecule has 1 aliphatic rings. The Kier molecular flexibility index (Phi) is 5.01. The highest BCUT2D eigenvalue weighted by Gasteiger charge is 2.26. The number of hydrogen-bond acceptors (Lipinski definition) is 3. The molecule has 0 spiro atoms. The second-order valence-electron chi connectivity index (χ2n) is 5.62. The molecule has 4 nitrogen and oxygen atoms in total. The van der Waals surface area contributed by atoms with E-state index in [0.717, 1.165) is 38.1 Å². The number of benzene rings is 1. The van der Waals surface area contributed by atoms with Crippen LogP contribution in [0.3, 0.4) is 0 Å². The largest absolute Gasteiger partial charge is 0.399 e. The lowest BCUT2D eigenvalue weighted by Gasteiger charge is -2.33. The molecule has 1 atom stereocenters. The standard InChI is InChI=1S/C16H24N2O2/c1-12(14-4-3-5-15(17)10-14)16(19)18-8-6-13(7-9-18)11-20-2/h3-5,10,12-13H,6-9,11,17H2,1-2H3. The van der Waals surface area contributed by atoms with Crippen LogP contribution in [0.1, 0.15) is 31.2 Å². The first kappa shape index (κ1) is 14.9. The van der Waals surface area contributed by atoms with Crippen molar-refractivity contribution in [3.8, 4) is 0 Å². The molecule has 4 heteroatoms. The maximum atomic E-state index is 12.5. The van der Waals surface area contributed by atoms with Crippen LogP contribution in [-0.4, -0.2) is 37.6 Å². The predicted molar refractivity (Wildman–Crippen MR) is 80.4 cm³/mol. The molecular weight excluding hydrogens is 252 g/mol. The fourth-order valence-corrected chi connectivity index (χ4v) is 2.80. The number of hydrogen-bond donors (Lipinski definition) is 1. The molecule has 0 saturated carbocycles. The van der Waals surface area contributed by atoms with Crippen LogP contribution in [0.4, 0.5) is 5.69 Å². The number of nitrogens with zero attached hydrogens (tertiary/aromatic N) is 1. The fraction of sp³-hybridized carbons (Fsp3) is 0.562. The molecule has 0 aromatic heterocycles. The van der Waals surface area contributed by atoms with Gasteiger partial charge in [-0.15, -0.1) is 0 Å². The van der Waals surface area contributed by atoms with E-state index in [-0.39, 0.29) is 11.8 Å². The third-order valence-electron chi connectivity index (χ3n) is 4.11. The predicted octanol–water partition coefficient (Wildman–Crippen LogP) is 2.26. The molecule has 1 aromatic carbocycles. The van der Waals surface area contributed by atoms with E-state index >= 15 is 0 Å². The minimum Gasteiger partial charge on any atom is -0.399 e. The summed E-state index contributed by atoms with van der Waals surface area (Å²) >= 11 is 0. The van der Waals surface area contributed by atoms with Gasteiger partial charge in [-0.3, -0.25) is 4.79 Å². The van der Waals surface area contributed by atoms with E-state index in [1.165, 1.54) is 0 Å². The van der Waals surface area contributed by atoms with Gasteiger partial charge in [0.25, 0.3) is 0 Å². The van der Waals surface area contributed by atoms with Gasteiger partial charge in [-0.2, -0.15) is 0 Å². The molecule has 110 valence electrons. The van der Waals surface area contributed by atoms with E-state index in [0.29, 0.717) is 11.6 Å². The highest BCUT2D eigenvalue weighted by atomic mass is 16.5. The third kappa shape index (κ3) is 3.51. The van der Waals surface area contributed by atoms with Gasteiger partial charge in [0.15, 0.2) is 0 Å². The molecule has 1 unspecified atom stereocenters. The van der Waals surface area contributed by atoms with Crippen LogP contribution in [0, 0.1) is 5.92 Å². The van der Waals surface area contributed by atoms with E-state index in [9.17, 15) is 4.79 Å². The number of carbonyl (C=O) groups is 1. The van der Waals surface area contributed by atoms with Gasteiger partial charge < -0.3 is 15.4 Å². The van der Waals surface area contributed by atoms with E-state index in [4.69, 9.17) is 10.5 Å². The average molecular weight is 276 g/mol. The van der Waals surface area contributed by atoms with E-state index < -0.39 is 0 Å². The Bertz CT molecular complexity index is 454. The SMILES string of the molecule is COCC1CCN(C(=O)C(C)c2cccc(N)c2)CC1. The van der Waals surface area contributed by atoms with Gasteiger partial charge in [0.2, 0.25) is 5.91 Å². The van der Waals surface area contributed by atoms with Crippen molar-refractivity contribution in [2.24, 2.45) is 5.92 Å². The number of carbonyl (C=O) groups excluding carboxylic acids is 1. The smallest absolute Gasteiger partial charge is 0.229 e. The third-order valence-corrected chi connectivity index (χ3v) is 4.11. The summed E-state index contributed by atoms with van der Waals surface area (Å²) in [6.45, 7) is 4.42. The number of rotatable bonds is 4. The molecule has 20 heavy (non-hydrogen) atoms. The highest BCUT2D eigenvalue weighted by Crippen LogP contribution is 2.24. The van der Waals surface area contributed by atoms with Crippen LogP contribution >= 0.6 is 0 Å². The van der Waals surface area contributed by atoms with Crippen molar-refractivity contribution < 1.29 is 9.53 Å². The van der Waals surface area contributed by atoms with Crippen LogP contribution < -0.4 is 5.73 Å². The van der Waals surface area contributed by atoms with Gasteiger partial charge in [0, 0.05) is 32.5 Å². The number of nitrogen functional groups attached to an aromatic ring is 1. The van der Waals surface area contributed by atoms with E-state index in [1.807, 2.05) is 36.1 Å². The van der Waals surface area contributed by atoms with E-state index in [1.54, 1.807) is 7.11 Å². The molecule has 0 aliphatic carbocycles. The van der Waals surface area contributed by atoms with Crippen LogP contribution in [-0.2, 0) is 9.53 Å². The summed E-state index contributed by atoms with van der Waals surface area (Å²) in [7, 11) is 1.74. The number of anilines is 1. The molecule has 2 N–H and O–H groups in total. The first-order chi connectivity index (χ1) is 9.61. The molecule has 1 aromatic rings. The summed E-state index contributed by atoms with van der Waals surface area (Å²) in [6, 6.07) is 7.60. The summed E-state index contributed by atoms with van der Waals surface area (Å²) in [5.41, 5.74) is 7.49. The number of amides is 1. The van der Waals surface area contributed by atoms with Gasteiger partial charge in [-0.1, -0.05) is 12.1 Å². The number of piperidine rings is 1. The molecule has 1 fully saturated rings. The first-order valence-corrected chi connectivity index (χ1v) is 7.25. The Morgan fingerprint density at radius 1 is 1.45 bits per heavy atom. The summed E-state index contributed by atoms with van der Waals surface area (Å²) in [5.74, 6) is 0.663. The Morgan fingerprint density at radius 3 is 2.75 bits per heavy atom. The zero-order valence-corrected chi connectivity index (χ0v) is 12.3. The Labute approximate surface area is 120 Å². The second kappa shape index (κ2) is 6.75. The Morgan fingerprint density at radius 2 is 2.15 bits per heavy atom. The summed E-state index contributed by atoms with van der Waals surface area (Å²) < 4.78 is 5.19. The van der Waals surface area contributed by atoms with Crippen LogP contribution in [0.25, 0.3) is 0 Å². The van der Waals surface area contributed by atoms with Gasteiger partial charge in [0.05, 0.1) is 5.92 Å². The first-order valence-electron chi connectivity index (χ1n) is 7.25. The van der Waals surface area contributed by atoms with Gasteiger partial charge in [-0.05, 0) is 43.4 Å². The number of nitrogens with two attached hydrogens (primary N) is 1. The number of ether oxygens (including phenoxy) is 1. The molecule has 1 heterocycles. The lowest BCUT2D eigenvalue weighted by atomic mass is 9.94. The summed E-state index contributed by atoms with van der Waals surface area (Å²) in [4.78, 5) is 14.5. The molecule has 2 rings (SSSR count). The van der Waals surface area contributed by atoms with Crippen molar-refractivity contribution in [1.29, 1.82) is 0 Å². The fourth-order valence-electron chi connectivity index (χ4n) is 2.80. The number of likely N-dealkylation sites (tertiary alicyclic amines) is 1. The van der Waals surface area contributed by atoms with Crippen molar-refractivity contribution in [3.63, 3.8) is 0 Å². The second-order valence-corrected chi connectivity index (χ2v) is 5.62. The molecule has 0 bridgehead atoms. The monoisotopic (exact) mass is 276 g/mol. The minimum atomic E-state index is -0.127. The van der Waals surface area contributed by atoms with Crippen LogP contribution in [0.5, 0.6) is 0 Å². The Hall–Kier alpha value is -1.55. The molecule has 1 saturated heterocycles. The maximum Gasteiger partial charge on any atom is 0.229 e. The zero-order valence-electron chi connectivity index (χ0n) is 12.3. The zero-order chi connectivity index (χ0) is 14.5. The summed E-state index contributed by atoms with van der Waals surface area (Å²) in [5, 5.41) is 0. The maximum absolute atomic E-state index is 12.5. The van der Waals surface area contributed by atoms with Gasteiger partial charge in [-0.25, -0.2) is 0 Å². The topological polar surface area (TPSA) is 55.6 Å². The van der Waals surface area contributed by atoms with Crippen molar-refractivity contribution >= 4 is 11.6 Å². The van der Waals surface area contributed by atoms with Crippen LogP contribution in [0.15, 0.2) is 24.3 Å². The van der Waals surface area contributed by atoms with E-state index in [2.05, 4.69) is 0 Å².